The van der Waals surface area contributed by atoms with E-state index in [1.807, 2.05) is 22.7 Å². The van der Waals surface area contributed by atoms with Gasteiger partial charge in [-0.25, -0.2) is 0 Å². The lowest BCUT2D eigenvalue weighted by atomic mass is 10.3. The van der Waals surface area contributed by atoms with Crippen LogP contribution in [0.4, 0.5) is 5.69 Å². The van der Waals surface area contributed by atoms with E-state index in [-0.39, 0.29) is 0 Å². The molecule has 0 aromatic carbocycles. The molecule has 5 heteroatoms. The lowest BCUT2D eigenvalue weighted by Crippen LogP contribution is -1.66. The fraction of sp³-hybridized carbons (Fsp3) is 0.273. The number of thiophene rings is 2. The minimum atomic E-state index is 1.04. The maximum Gasteiger partial charge on any atom is 0.106 e. The van der Waals surface area contributed by atoms with Gasteiger partial charge in [-0.05, 0) is 25.5 Å². The summed E-state index contributed by atoms with van der Waals surface area (Å²) in [6.45, 7) is 4.32. The Labute approximate surface area is 107 Å². The summed E-state index contributed by atoms with van der Waals surface area (Å²) in [6.07, 6.45) is 1.07. The van der Waals surface area contributed by atoms with Crippen molar-refractivity contribution in [2.45, 2.75) is 25.2 Å². The van der Waals surface area contributed by atoms with Crippen molar-refractivity contribution in [3.8, 4) is 9.75 Å². The van der Waals surface area contributed by atoms with Crippen LogP contribution in [0, 0.1) is 6.92 Å². The molecule has 0 amide bonds. The highest BCUT2D eigenvalue weighted by atomic mass is 32.2. The van der Waals surface area contributed by atoms with E-state index in [0.29, 0.717) is 0 Å². The van der Waals surface area contributed by atoms with Crippen LogP contribution in [-0.2, 0) is 6.42 Å². The van der Waals surface area contributed by atoms with Crippen molar-refractivity contribution in [1.82, 2.24) is 0 Å². The molecule has 82 valence electrons. The highest BCUT2D eigenvalue weighted by Crippen LogP contribution is 2.49. The molecule has 2 nitrogen and oxygen atoms in total. The topological polar surface area (TPSA) is 24.7 Å². The molecule has 3 heterocycles. The Morgan fingerprint density at radius 3 is 2.88 bits per heavy atom. The number of fused-ring (bicyclic) bond motifs is 3. The first-order valence-corrected chi connectivity index (χ1v) is 7.50. The standard InChI is InChI=1S/C11H10N2S3/c1-3-7-5-8-10(15-7)11-9(16-13-12-8)4-6(2)14-11/h4-5H,3H2,1-2H3. The molecule has 0 bridgehead atoms. The molecule has 0 unspecified atom stereocenters. The van der Waals surface area contributed by atoms with Crippen LogP contribution in [0.25, 0.3) is 9.75 Å². The summed E-state index contributed by atoms with van der Waals surface area (Å²) in [7, 11) is 0. The molecular weight excluding hydrogens is 256 g/mol. The lowest BCUT2D eigenvalue weighted by Gasteiger charge is -1.93. The van der Waals surface area contributed by atoms with Gasteiger partial charge in [0.1, 0.15) is 5.69 Å². The van der Waals surface area contributed by atoms with Crippen molar-refractivity contribution >= 4 is 40.3 Å². The van der Waals surface area contributed by atoms with E-state index in [1.54, 1.807) is 0 Å². The van der Waals surface area contributed by atoms with Gasteiger partial charge in [-0.2, -0.15) is 0 Å². The fourth-order valence-corrected chi connectivity index (χ4v) is 4.76. The maximum absolute atomic E-state index is 4.28. The van der Waals surface area contributed by atoms with Gasteiger partial charge in [-0.1, -0.05) is 6.92 Å². The summed E-state index contributed by atoms with van der Waals surface area (Å²) < 4.78 is 4.17. The van der Waals surface area contributed by atoms with Crippen LogP contribution in [0.3, 0.4) is 0 Å². The Morgan fingerprint density at radius 2 is 2.06 bits per heavy atom. The quantitative estimate of drug-likeness (QED) is 0.630. The normalized spacial score (nSPS) is 13.4. The van der Waals surface area contributed by atoms with Gasteiger partial charge in [-0.15, -0.1) is 32.3 Å². The highest BCUT2D eigenvalue weighted by Gasteiger charge is 2.19. The van der Waals surface area contributed by atoms with Crippen molar-refractivity contribution < 1.29 is 0 Å². The van der Waals surface area contributed by atoms with Crippen LogP contribution < -0.4 is 0 Å². The van der Waals surface area contributed by atoms with Gasteiger partial charge in [0.25, 0.3) is 0 Å². The monoisotopic (exact) mass is 266 g/mol. The average Bonchev–Trinajstić information content (AvgIpc) is 2.79. The van der Waals surface area contributed by atoms with Crippen LogP contribution in [0.15, 0.2) is 26.7 Å². The molecule has 0 radical (unpaired) electrons. The van der Waals surface area contributed by atoms with Crippen molar-refractivity contribution in [2.24, 2.45) is 9.63 Å². The first-order chi connectivity index (χ1) is 7.78. The third-order valence-corrected chi connectivity index (χ3v) is 5.72. The first-order valence-electron chi connectivity index (χ1n) is 5.09. The second kappa shape index (κ2) is 3.98. The van der Waals surface area contributed by atoms with Gasteiger partial charge in [0, 0.05) is 21.7 Å². The maximum atomic E-state index is 4.28. The summed E-state index contributed by atoms with van der Waals surface area (Å²) in [6, 6.07) is 4.36. The number of hydrogen-bond acceptors (Lipinski definition) is 5. The van der Waals surface area contributed by atoms with E-state index in [4.69, 9.17) is 0 Å². The van der Waals surface area contributed by atoms with Crippen LogP contribution in [-0.4, -0.2) is 0 Å². The molecule has 0 spiro atoms. The Kier molecular flexibility index (Phi) is 2.61. The van der Waals surface area contributed by atoms with Crippen molar-refractivity contribution in [3.05, 3.63) is 21.9 Å². The smallest absolute Gasteiger partial charge is 0.106 e. The second-order valence-electron chi connectivity index (χ2n) is 3.60. The molecule has 16 heavy (non-hydrogen) atoms. The summed E-state index contributed by atoms with van der Waals surface area (Å²) in [5, 5.41) is 4.28. The van der Waals surface area contributed by atoms with Crippen LogP contribution in [0.2, 0.25) is 0 Å². The number of hydrogen-bond donors (Lipinski definition) is 0. The molecule has 0 aliphatic carbocycles. The Morgan fingerprint density at radius 1 is 1.19 bits per heavy atom. The summed E-state index contributed by atoms with van der Waals surface area (Å²) in [5.74, 6) is 0. The SMILES string of the molecule is CCc1cc2c(s1)-c1sc(C)cc1SN=N2. The lowest BCUT2D eigenvalue weighted by molar-refractivity contribution is 1.18. The van der Waals surface area contributed by atoms with E-state index in [1.165, 1.54) is 36.4 Å². The van der Waals surface area contributed by atoms with Gasteiger partial charge in [0.05, 0.1) is 14.6 Å². The van der Waals surface area contributed by atoms with E-state index in [0.717, 1.165) is 12.1 Å². The first kappa shape index (κ1) is 10.5. The molecule has 2 aromatic heterocycles. The van der Waals surface area contributed by atoms with Crippen LogP contribution >= 0.6 is 34.6 Å². The van der Waals surface area contributed by atoms with Crippen molar-refractivity contribution in [1.29, 1.82) is 0 Å². The van der Waals surface area contributed by atoms with Gasteiger partial charge in [0.15, 0.2) is 0 Å². The number of aryl methyl sites for hydroxylation is 2. The average molecular weight is 266 g/mol. The largest absolute Gasteiger partial charge is 0.142 e. The Hall–Kier alpha value is -0.650. The summed E-state index contributed by atoms with van der Waals surface area (Å²) >= 11 is 5.17. The molecular formula is C11H10N2S3. The van der Waals surface area contributed by atoms with Crippen molar-refractivity contribution in [2.75, 3.05) is 0 Å². The zero-order valence-electron chi connectivity index (χ0n) is 8.98. The molecule has 2 aromatic rings. The molecule has 0 saturated heterocycles. The van der Waals surface area contributed by atoms with Gasteiger partial charge < -0.3 is 0 Å². The Bertz CT molecular complexity index is 566. The van der Waals surface area contributed by atoms with Gasteiger partial charge in [0.2, 0.25) is 0 Å². The molecule has 3 rings (SSSR count). The number of rotatable bonds is 1. The molecule has 0 N–H and O–H groups in total. The van der Waals surface area contributed by atoms with E-state index in [9.17, 15) is 0 Å². The summed E-state index contributed by atoms with van der Waals surface area (Å²) in [4.78, 5) is 6.60. The predicted octanol–water partition coefficient (Wildman–Crippen LogP) is 5.45. The molecule has 0 fully saturated rings. The fourth-order valence-electron chi connectivity index (χ4n) is 1.67. The van der Waals surface area contributed by atoms with E-state index < -0.39 is 0 Å². The van der Waals surface area contributed by atoms with Crippen molar-refractivity contribution in [3.63, 3.8) is 0 Å². The summed E-state index contributed by atoms with van der Waals surface area (Å²) in [5.41, 5.74) is 1.04. The Balaban J connectivity index is 2.24. The van der Waals surface area contributed by atoms with E-state index >= 15 is 0 Å². The molecule has 1 aliphatic rings. The number of nitrogens with zero attached hydrogens (tertiary/aromatic N) is 2. The zero-order valence-corrected chi connectivity index (χ0v) is 11.4. The highest BCUT2D eigenvalue weighted by molar-refractivity contribution is 7.98. The van der Waals surface area contributed by atoms with E-state index in [2.05, 4.69) is 35.6 Å². The third kappa shape index (κ3) is 1.63. The van der Waals surface area contributed by atoms with Gasteiger partial charge >= 0.3 is 0 Å². The van der Waals surface area contributed by atoms with Crippen LogP contribution in [0.1, 0.15) is 16.7 Å². The van der Waals surface area contributed by atoms with Gasteiger partial charge in [-0.3, -0.25) is 0 Å². The molecule has 1 aliphatic heterocycles. The second-order valence-corrected chi connectivity index (χ2v) is 6.78. The molecule has 0 saturated carbocycles. The van der Waals surface area contributed by atoms with Crippen LogP contribution in [0.5, 0.6) is 0 Å². The zero-order chi connectivity index (χ0) is 11.1. The minimum Gasteiger partial charge on any atom is -0.142 e. The third-order valence-electron chi connectivity index (χ3n) is 2.43. The predicted molar refractivity (Wildman–Crippen MR) is 72.1 cm³/mol. The molecule has 0 atom stereocenters. The minimum absolute atomic E-state index is 1.04.